The van der Waals surface area contributed by atoms with Crippen LogP contribution in [-0.4, -0.2) is 16.2 Å². The minimum atomic E-state index is -0.0223. The summed E-state index contributed by atoms with van der Waals surface area (Å²) in [5.41, 5.74) is 9.46. The molecule has 0 amide bonds. The van der Waals surface area contributed by atoms with Crippen molar-refractivity contribution in [2.24, 2.45) is 0 Å². The molecule has 48 heavy (non-hydrogen) atoms. The van der Waals surface area contributed by atoms with Crippen LogP contribution in [0.15, 0.2) is 144 Å². The van der Waals surface area contributed by atoms with Crippen molar-refractivity contribution in [3.8, 4) is 17.3 Å². The van der Waals surface area contributed by atoms with Gasteiger partial charge in [-0.1, -0.05) is 69.3 Å². The molecule has 3 aromatic heterocycles. The van der Waals surface area contributed by atoms with Crippen molar-refractivity contribution in [3.63, 3.8) is 0 Å². The predicted molar refractivity (Wildman–Crippen MR) is 196 cm³/mol. The van der Waals surface area contributed by atoms with Gasteiger partial charge in [-0.25, -0.2) is 4.98 Å². The molecule has 6 heteroatoms. The summed E-state index contributed by atoms with van der Waals surface area (Å²) in [4.78, 5) is 9.54. The fourth-order valence-corrected chi connectivity index (χ4v) is 6.87. The normalized spacial score (nSPS) is 13.1. The molecule has 0 N–H and O–H groups in total. The van der Waals surface area contributed by atoms with Gasteiger partial charge in [0.15, 0.2) is 5.58 Å². The van der Waals surface area contributed by atoms with E-state index in [-0.39, 0.29) is 5.41 Å². The Balaban J connectivity index is 1.12. The van der Waals surface area contributed by atoms with Crippen LogP contribution in [0.4, 0.5) is 22.7 Å². The van der Waals surface area contributed by atoms with Gasteiger partial charge in [-0.3, -0.25) is 4.57 Å². The number of aromatic nitrogens is 2. The van der Waals surface area contributed by atoms with E-state index >= 15 is 0 Å². The Labute approximate surface area is 279 Å². The number of furan rings is 1. The fraction of sp³-hybridized carbons (Fsp3) is 0.119. The van der Waals surface area contributed by atoms with Crippen molar-refractivity contribution in [1.82, 2.24) is 9.55 Å². The molecular formula is C42H34N4O2. The monoisotopic (exact) mass is 626 g/mol. The first-order valence-electron chi connectivity index (χ1n) is 16.3. The van der Waals surface area contributed by atoms with Crippen LogP contribution >= 0.6 is 0 Å². The molecule has 1 aliphatic heterocycles. The minimum Gasteiger partial charge on any atom is -0.457 e. The molecule has 0 saturated carbocycles. The molecule has 0 bridgehead atoms. The molecule has 0 aliphatic carbocycles. The molecule has 0 unspecified atom stereocenters. The van der Waals surface area contributed by atoms with Crippen LogP contribution in [0.2, 0.25) is 0 Å². The van der Waals surface area contributed by atoms with Crippen LogP contribution in [-0.2, 0) is 5.41 Å². The first-order chi connectivity index (χ1) is 23.4. The number of benzene rings is 5. The summed E-state index contributed by atoms with van der Waals surface area (Å²) >= 11 is 0. The van der Waals surface area contributed by atoms with E-state index in [1.54, 1.807) is 0 Å². The minimum absolute atomic E-state index is 0.0223. The van der Waals surface area contributed by atoms with E-state index in [9.17, 15) is 0 Å². The van der Waals surface area contributed by atoms with Crippen LogP contribution in [0.1, 0.15) is 26.3 Å². The molecule has 0 atom stereocenters. The van der Waals surface area contributed by atoms with Crippen molar-refractivity contribution in [1.29, 1.82) is 0 Å². The Kier molecular flexibility index (Phi) is 6.34. The highest BCUT2D eigenvalue weighted by molar-refractivity contribution is 6.16. The zero-order valence-corrected chi connectivity index (χ0v) is 27.1. The van der Waals surface area contributed by atoms with E-state index in [2.05, 4.69) is 144 Å². The third-order valence-electron chi connectivity index (χ3n) is 9.27. The maximum Gasteiger partial charge on any atom is 0.161 e. The van der Waals surface area contributed by atoms with E-state index in [0.717, 1.165) is 67.4 Å². The molecule has 0 fully saturated rings. The predicted octanol–water partition coefficient (Wildman–Crippen LogP) is 11.3. The summed E-state index contributed by atoms with van der Waals surface area (Å²) in [5, 5.41) is 2.07. The van der Waals surface area contributed by atoms with Crippen LogP contribution < -0.4 is 14.5 Å². The standard InChI is InChI=1S/C42H34N4O2/c1-42(2,3)28-22-23-43-39(24-28)46-37-26-32(20-21-33(37)41-40(46)34-16-7-10-19-38(34)48-41)47-31-15-11-14-30(25-31)45-27-44(29-12-5-4-6-13-29)35-17-8-9-18-36(35)45/h4-26H,27H2,1-3H3. The van der Waals surface area contributed by atoms with Gasteiger partial charge in [-0.2, -0.15) is 0 Å². The van der Waals surface area contributed by atoms with Crippen LogP contribution in [0.5, 0.6) is 11.5 Å². The van der Waals surface area contributed by atoms with Gasteiger partial charge in [0.2, 0.25) is 0 Å². The zero-order valence-electron chi connectivity index (χ0n) is 27.1. The van der Waals surface area contributed by atoms with Gasteiger partial charge in [0.1, 0.15) is 35.1 Å². The Morgan fingerprint density at radius 2 is 1.35 bits per heavy atom. The Morgan fingerprint density at radius 3 is 2.17 bits per heavy atom. The lowest BCUT2D eigenvalue weighted by Gasteiger charge is -2.22. The van der Waals surface area contributed by atoms with Crippen LogP contribution in [0.25, 0.3) is 38.8 Å². The number of fused-ring (bicyclic) bond motifs is 6. The SMILES string of the molecule is CC(C)(C)c1ccnc(-n2c3cc(Oc4cccc(N5CN(c6ccccc6)c6ccccc65)c4)ccc3c3oc4ccccc4c32)c1. The smallest absolute Gasteiger partial charge is 0.161 e. The van der Waals surface area contributed by atoms with E-state index in [1.165, 1.54) is 11.3 Å². The van der Waals surface area contributed by atoms with Gasteiger partial charge in [0.05, 0.1) is 16.9 Å². The number of para-hydroxylation sites is 4. The summed E-state index contributed by atoms with van der Waals surface area (Å²) in [6, 6.07) is 46.1. The fourth-order valence-electron chi connectivity index (χ4n) is 6.87. The highest BCUT2D eigenvalue weighted by atomic mass is 16.5. The van der Waals surface area contributed by atoms with Crippen molar-refractivity contribution in [2.45, 2.75) is 26.2 Å². The maximum absolute atomic E-state index is 6.61. The largest absolute Gasteiger partial charge is 0.457 e. The first-order valence-corrected chi connectivity index (χ1v) is 16.3. The summed E-state index contributed by atoms with van der Waals surface area (Å²) in [6.45, 7) is 7.38. The van der Waals surface area contributed by atoms with Gasteiger partial charge in [0, 0.05) is 40.5 Å². The topological polar surface area (TPSA) is 46.7 Å². The molecule has 1 aliphatic rings. The zero-order chi connectivity index (χ0) is 32.4. The summed E-state index contributed by atoms with van der Waals surface area (Å²) in [5.74, 6) is 2.36. The lowest BCUT2D eigenvalue weighted by Crippen LogP contribution is -2.23. The molecule has 6 nitrogen and oxygen atoms in total. The number of hydrogen-bond acceptors (Lipinski definition) is 5. The summed E-state index contributed by atoms with van der Waals surface area (Å²) in [6.07, 6.45) is 1.90. The number of anilines is 4. The van der Waals surface area contributed by atoms with Crippen molar-refractivity contribution >= 4 is 55.7 Å². The molecule has 0 saturated heterocycles. The lowest BCUT2D eigenvalue weighted by molar-refractivity contribution is 0.483. The second kappa shape index (κ2) is 10.8. The average Bonchev–Trinajstić information content (AvgIpc) is 3.78. The quantitative estimate of drug-likeness (QED) is 0.190. The number of ether oxygens (including phenoxy) is 1. The second-order valence-corrected chi connectivity index (χ2v) is 13.4. The number of nitrogens with zero attached hydrogens (tertiary/aromatic N) is 4. The summed E-state index contributed by atoms with van der Waals surface area (Å²) < 4.78 is 15.3. The van der Waals surface area contributed by atoms with E-state index in [0.29, 0.717) is 6.67 Å². The third-order valence-corrected chi connectivity index (χ3v) is 9.27. The summed E-state index contributed by atoms with van der Waals surface area (Å²) in [7, 11) is 0. The van der Waals surface area contributed by atoms with Crippen molar-refractivity contribution in [2.75, 3.05) is 16.5 Å². The average molecular weight is 627 g/mol. The highest BCUT2D eigenvalue weighted by Crippen LogP contribution is 2.45. The molecule has 234 valence electrons. The number of rotatable bonds is 5. The van der Waals surface area contributed by atoms with Crippen molar-refractivity contribution in [3.05, 3.63) is 145 Å². The number of pyridine rings is 1. The van der Waals surface area contributed by atoms with Gasteiger partial charge in [-0.15, -0.1) is 0 Å². The molecule has 4 heterocycles. The Hall–Kier alpha value is -6.01. The molecule has 0 radical (unpaired) electrons. The Bertz CT molecular complexity index is 2470. The van der Waals surface area contributed by atoms with Crippen molar-refractivity contribution < 1.29 is 9.15 Å². The van der Waals surface area contributed by atoms with Gasteiger partial charge >= 0.3 is 0 Å². The first kappa shape index (κ1) is 28.2. The molecule has 0 spiro atoms. The molecular weight excluding hydrogens is 592 g/mol. The van der Waals surface area contributed by atoms with Crippen LogP contribution in [0, 0.1) is 0 Å². The van der Waals surface area contributed by atoms with E-state index < -0.39 is 0 Å². The highest BCUT2D eigenvalue weighted by Gasteiger charge is 2.28. The lowest BCUT2D eigenvalue weighted by atomic mass is 9.88. The number of hydrogen-bond donors (Lipinski definition) is 0. The molecule has 5 aromatic carbocycles. The third kappa shape index (κ3) is 4.60. The van der Waals surface area contributed by atoms with Gasteiger partial charge in [-0.05, 0) is 83.8 Å². The van der Waals surface area contributed by atoms with Gasteiger partial charge < -0.3 is 19.0 Å². The Morgan fingerprint density at radius 1 is 0.646 bits per heavy atom. The van der Waals surface area contributed by atoms with Crippen LogP contribution in [0.3, 0.4) is 0 Å². The molecule has 9 rings (SSSR count). The second-order valence-electron chi connectivity index (χ2n) is 13.4. The van der Waals surface area contributed by atoms with E-state index in [4.69, 9.17) is 14.1 Å². The molecule has 8 aromatic rings. The maximum atomic E-state index is 6.61. The van der Waals surface area contributed by atoms with Gasteiger partial charge in [0.25, 0.3) is 0 Å². The van der Waals surface area contributed by atoms with E-state index in [1.807, 2.05) is 30.5 Å².